The summed E-state index contributed by atoms with van der Waals surface area (Å²) >= 11 is 0. The van der Waals surface area contributed by atoms with E-state index in [9.17, 15) is 9.18 Å². The number of nitrogens with two attached hydrogens (primary N) is 1. The number of rotatable bonds is 2. The first-order valence-corrected chi connectivity index (χ1v) is 4.91. The van der Waals surface area contributed by atoms with Crippen LogP contribution in [0.5, 0.6) is 0 Å². The van der Waals surface area contributed by atoms with Crippen molar-refractivity contribution in [1.82, 2.24) is 9.55 Å². The fourth-order valence-corrected chi connectivity index (χ4v) is 1.64. The van der Waals surface area contributed by atoms with Crippen LogP contribution in [-0.4, -0.2) is 21.4 Å². The summed E-state index contributed by atoms with van der Waals surface area (Å²) in [4.78, 5) is 15.7. The molecule has 5 heteroatoms. The fraction of sp³-hybridized carbons (Fsp3) is 0.273. The van der Waals surface area contributed by atoms with Crippen LogP contribution in [-0.2, 0) is 7.05 Å². The number of aromatic nitrogens is 2. The van der Waals surface area contributed by atoms with Crippen LogP contribution in [0, 0.1) is 5.82 Å². The number of nitrogens with zero attached hydrogens (tertiary/aromatic N) is 2. The van der Waals surface area contributed by atoms with Crippen molar-refractivity contribution >= 4 is 16.8 Å². The van der Waals surface area contributed by atoms with E-state index in [-0.39, 0.29) is 5.78 Å². The van der Waals surface area contributed by atoms with Crippen LogP contribution in [0.25, 0.3) is 11.0 Å². The Balaban J connectivity index is 2.65. The number of pyridine rings is 1. The van der Waals surface area contributed by atoms with E-state index in [1.165, 1.54) is 6.07 Å². The van der Waals surface area contributed by atoms with Crippen molar-refractivity contribution in [3.8, 4) is 0 Å². The third-order valence-electron chi connectivity index (χ3n) is 2.53. The lowest BCUT2D eigenvalue weighted by Gasteiger charge is -2.05. The van der Waals surface area contributed by atoms with Gasteiger partial charge in [-0.15, -0.1) is 0 Å². The van der Waals surface area contributed by atoms with E-state index in [1.807, 2.05) is 0 Å². The molecule has 1 atom stereocenters. The Morgan fingerprint density at radius 3 is 2.88 bits per heavy atom. The van der Waals surface area contributed by atoms with E-state index in [0.717, 1.165) is 6.20 Å². The lowest BCUT2D eigenvalue weighted by atomic mass is 10.2. The molecule has 16 heavy (non-hydrogen) atoms. The molecule has 0 bridgehead atoms. The lowest BCUT2D eigenvalue weighted by Crippen LogP contribution is -2.28. The third-order valence-corrected chi connectivity index (χ3v) is 2.53. The molecule has 0 radical (unpaired) electrons. The van der Waals surface area contributed by atoms with Crippen LogP contribution in [0.1, 0.15) is 17.4 Å². The van der Waals surface area contributed by atoms with Crippen LogP contribution in [0.15, 0.2) is 18.3 Å². The minimum atomic E-state index is -0.576. The van der Waals surface area contributed by atoms with Gasteiger partial charge in [0.05, 0.1) is 29.0 Å². The van der Waals surface area contributed by atoms with Crippen molar-refractivity contribution in [2.24, 2.45) is 12.8 Å². The molecule has 0 saturated carbocycles. The summed E-state index contributed by atoms with van der Waals surface area (Å²) in [6.07, 6.45) is 1.13. The highest BCUT2D eigenvalue weighted by atomic mass is 19.1. The molecule has 0 saturated heterocycles. The fourth-order valence-electron chi connectivity index (χ4n) is 1.64. The Kier molecular flexibility index (Phi) is 2.47. The van der Waals surface area contributed by atoms with E-state index in [1.54, 1.807) is 24.6 Å². The summed E-state index contributed by atoms with van der Waals surface area (Å²) in [6.45, 7) is 1.62. The summed E-state index contributed by atoms with van der Waals surface area (Å²) in [7, 11) is 1.69. The van der Waals surface area contributed by atoms with Crippen LogP contribution < -0.4 is 5.73 Å². The molecule has 2 N–H and O–H groups in total. The predicted octanol–water partition coefficient (Wildman–Crippen LogP) is 1.24. The van der Waals surface area contributed by atoms with Crippen molar-refractivity contribution in [2.45, 2.75) is 13.0 Å². The molecule has 2 aromatic rings. The molecule has 0 aliphatic rings. The van der Waals surface area contributed by atoms with E-state index in [2.05, 4.69) is 4.98 Å². The first kappa shape index (κ1) is 10.8. The second-order valence-corrected chi connectivity index (χ2v) is 3.80. The highest BCUT2D eigenvalue weighted by molar-refractivity contribution is 6.02. The highest BCUT2D eigenvalue weighted by Gasteiger charge is 2.17. The average molecular weight is 221 g/mol. The molecule has 4 nitrogen and oxygen atoms in total. The molecule has 0 spiro atoms. The topological polar surface area (TPSA) is 60.9 Å². The summed E-state index contributed by atoms with van der Waals surface area (Å²) in [5.74, 6) is -0.602. The quantitative estimate of drug-likeness (QED) is 0.776. The van der Waals surface area contributed by atoms with Crippen molar-refractivity contribution in [3.63, 3.8) is 0 Å². The summed E-state index contributed by atoms with van der Waals surface area (Å²) in [6, 6.07) is 2.40. The summed E-state index contributed by atoms with van der Waals surface area (Å²) in [5, 5.41) is 0. The maximum atomic E-state index is 13.0. The van der Waals surface area contributed by atoms with Crippen molar-refractivity contribution in [2.75, 3.05) is 0 Å². The van der Waals surface area contributed by atoms with Gasteiger partial charge in [0.2, 0.25) is 0 Å². The zero-order valence-corrected chi connectivity index (χ0v) is 9.07. The molecular formula is C11H12FN3O. The number of aryl methyl sites for hydroxylation is 1. The maximum Gasteiger partial charge on any atom is 0.195 e. The number of Topliss-reactive ketones (excluding diaryl/α,β-unsaturated/α-hetero) is 1. The SMILES string of the molecule is CC(N)C(=O)c1cc2ncc(F)cc2n1C. The number of carbonyl (C=O) groups excluding carboxylic acids is 1. The molecule has 0 aliphatic carbocycles. The molecule has 2 aromatic heterocycles. The van der Waals surface area contributed by atoms with Gasteiger partial charge in [0.1, 0.15) is 5.82 Å². The smallest absolute Gasteiger partial charge is 0.195 e. The summed E-state index contributed by atoms with van der Waals surface area (Å²) < 4.78 is 14.6. The van der Waals surface area contributed by atoms with E-state index < -0.39 is 11.9 Å². The molecular weight excluding hydrogens is 209 g/mol. The number of hydrogen-bond acceptors (Lipinski definition) is 3. The summed E-state index contributed by atoms with van der Waals surface area (Å²) in [5.41, 5.74) is 7.16. The van der Waals surface area contributed by atoms with Crippen molar-refractivity contribution in [1.29, 1.82) is 0 Å². The van der Waals surface area contributed by atoms with E-state index >= 15 is 0 Å². The largest absolute Gasteiger partial charge is 0.340 e. The number of carbonyl (C=O) groups is 1. The number of hydrogen-bond donors (Lipinski definition) is 1. The number of halogens is 1. The Bertz CT molecular complexity index is 560. The van der Waals surface area contributed by atoms with Crippen molar-refractivity contribution in [3.05, 3.63) is 29.8 Å². The highest BCUT2D eigenvalue weighted by Crippen LogP contribution is 2.18. The van der Waals surface area contributed by atoms with Gasteiger partial charge < -0.3 is 10.3 Å². The van der Waals surface area contributed by atoms with Gasteiger partial charge in [-0.05, 0) is 13.0 Å². The molecule has 1 unspecified atom stereocenters. The predicted molar refractivity (Wildman–Crippen MR) is 58.7 cm³/mol. The zero-order valence-electron chi connectivity index (χ0n) is 9.07. The third kappa shape index (κ3) is 1.59. The molecule has 2 heterocycles. The van der Waals surface area contributed by atoms with Gasteiger partial charge in [-0.25, -0.2) is 4.39 Å². The van der Waals surface area contributed by atoms with Gasteiger partial charge >= 0.3 is 0 Å². The molecule has 0 aliphatic heterocycles. The maximum absolute atomic E-state index is 13.0. The van der Waals surface area contributed by atoms with Crippen LogP contribution in [0.3, 0.4) is 0 Å². The lowest BCUT2D eigenvalue weighted by molar-refractivity contribution is 0.0960. The minimum absolute atomic E-state index is 0.180. The number of fused-ring (bicyclic) bond motifs is 1. The standard InChI is InChI=1S/C11H12FN3O/c1-6(13)11(16)10-4-8-9(15(10)2)3-7(12)5-14-8/h3-6H,13H2,1-2H3. The van der Waals surface area contributed by atoms with E-state index in [4.69, 9.17) is 5.73 Å². The molecule has 0 aromatic carbocycles. The second kappa shape index (κ2) is 3.68. The molecule has 0 fully saturated rings. The van der Waals surface area contributed by atoms with Crippen LogP contribution >= 0.6 is 0 Å². The van der Waals surface area contributed by atoms with Gasteiger partial charge in [-0.3, -0.25) is 9.78 Å². The van der Waals surface area contributed by atoms with Crippen LogP contribution in [0.4, 0.5) is 4.39 Å². The Morgan fingerprint density at radius 1 is 1.56 bits per heavy atom. The first-order chi connectivity index (χ1) is 7.50. The van der Waals surface area contributed by atoms with Gasteiger partial charge in [-0.1, -0.05) is 0 Å². The minimum Gasteiger partial charge on any atom is -0.340 e. The van der Waals surface area contributed by atoms with Gasteiger partial charge in [0, 0.05) is 13.1 Å². The molecule has 84 valence electrons. The van der Waals surface area contributed by atoms with Gasteiger partial charge in [0.25, 0.3) is 0 Å². The number of ketones is 1. The Hall–Kier alpha value is -1.75. The molecule has 2 rings (SSSR count). The van der Waals surface area contributed by atoms with Gasteiger partial charge in [-0.2, -0.15) is 0 Å². The second-order valence-electron chi connectivity index (χ2n) is 3.80. The Labute approximate surface area is 91.9 Å². The zero-order chi connectivity index (χ0) is 11.9. The van der Waals surface area contributed by atoms with E-state index in [0.29, 0.717) is 16.7 Å². The molecule has 0 amide bonds. The van der Waals surface area contributed by atoms with Crippen molar-refractivity contribution < 1.29 is 9.18 Å². The van der Waals surface area contributed by atoms with Gasteiger partial charge in [0.15, 0.2) is 5.78 Å². The normalized spacial score (nSPS) is 13.0. The average Bonchev–Trinajstić information content (AvgIpc) is 2.55. The van der Waals surface area contributed by atoms with Crippen LogP contribution in [0.2, 0.25) is 0 Å². The first-order valence-electron chi connectivity index (χ1n) is 4.91. The Morgan fingerprint density at radius 2 is 2.25 bits per heavy atom. The monoisotopic (exact) mass is 221 g/mol.